The van der Waals surface area contributed by atoms with Gasteiger partial charge >= 0.3 is 11.9 Å². The van der Waals surface area contributed by atoms with Crippen LogP contribution in [0.15, 0.2) is 35.2 Å². The molecule has 0 saturated carbocycles. The van der Waals surface area contributed by atoms with Crippen LogP contribution in [0, 0.1) is 0 Å². The van der Waals surface area contributed by atoms with Gasteiger partial charge in [-0.2, -0.15) is 4.72 Å². The molecule has 0 saturated heterocycles. The van der Waals surface area contributed by atoms with E-state index in [1.807, 2.05) is 4.72 Å². The normalized spacial score (nSPS) is 13.2. The first-order chi connectivity index (χ1) is 9.22. The number of nitrogens with one attached hydrogen (secondary N) is 1. The second-order valence-electron chi connectivity index (χ2n) is 3.92. The summed E-state index contributed by atoms with van der Waals surface area (Å²) in [6.45, 7) is 1.21. The number of carbonyl (C=O) groups is 2. The molecule has 1 atom stereocenters. The van der Waals surface area contributed by atoms with Gasteiger partial charge in [0.05, 0.1) is 4.90 Å². The van der Waals surface area contributed by atoms with E-state index in [-0.39, 0.29) is 4.90 Å². The van der Waals surface area contributed by atoms with E-state index in [0.717, 1.165) is 6.08 Å². The predicted octanol–water partition coefficient (Wildman–Crippen LogP) is 0.536. The molecule has 0 bridgehead atoms. The van der Waals surface area contributed by atoms with Gasteiger partial charge in [0.2, 0.25) is 10.0 Å². The Labute approximate surface area is 115 Å². The Morgan fingerprint density at radius 1 is 1.20 bits per heavy atom. The van der Waals surface area contributed by atoms with E-state index in [0.29, 0.717) is 5.56 Å². The number of aliphatic carboxylic acids is 2. The average Bonchev–Trinajstić information content (AvgIpc) is 2.36. The molecular weight excluding hydrogens is 286 g/mol. The van der Waals surface area contributed by atoms with E-state index in [1.54, 1.807) is 0 Å². The zero-order chi connectivity index (χ0) is 15.3. The number of rotatable bonds is 6. The molecule has 1 rings (SSSR count). The first kappa shape index (κ1) is 15.9. The van der Waals surface area contributed by atoms with Crippen molar-refractivity contribution in [1.82, 2.24) is 4.72 Å². The Bertz CT molecular complexity index is 632. The highest BCUT2D eigenvalue weighted by Crippen LogP contribution is 2.12. The van der Waals surface area contributed by atoms with Crippen molar-refractivity contribution in [2.75, 3.05) is 0 Å². The van der Waals surface area contributed by atoms with Gasteiger partial charge in [-0.1, -0.05) is 12.1 Å². The molecule has 8 heteroatoms. The van der Waals surface area contributed by atoms with Crippen LogP contribution in [-0.4, -0.2) is 36.6 Å². The van der Waals surface area contributed by atoms with Crippen LogP contribution in [0.3, 0.4) is 0 Å². The first-order valence-electron chi connectivity index (χ1n) is 5.48. The maximum atomic E-state index is 11.8. The van der Waals surface area contributed by atoms with Gasteiger partial charge in [-0.25, -0.2) is 13.2 Å². The van der Waals surface area contributed by atoms with Gasteiger partial charge in [0, 0.05) is 6.08 Å². The van der Waals surface area contributed by atoms with Crippen LogP contribution in [0.1, 0.15) is 12.5 Å². The minimum atomic E-state index is -3.92. The van der Waals surface area contributed by atoms with Crippen LogP contribution in [0.2, 0.25) is 0 Å². The third-order valence-corrected chi connectivity index (χ3v) is 3.87. The Hall–Kier alpha value is -2.19. The van der Waals surface area contributed by atoms with Gasteiger partial charge in [-0.3, -0.25) is 4.79 Å². The predicted molar refractivity (Wildman–Crippen MR) is 70.5 cm³/mol. The molecule has 0 heterocycles. The molecule has 0 aromatic heterocycles. The largest absolute Gasteiger partial charge is 0.480 e. The Kier molecular flexibility index (Phi) is 5.00. The van der Waals surface area contributed by atoms with Crippen molar-refractivity contribution in [2.24, 2.45) is 0 Å². The van der Waals surface area contributed by atoms with Gasteiger partial charge in [0.15, 0.2) is 0 Å². The van der Waals surface area contributed by atoms with Crippen LogP contribution in [-0.2, 0) is 19.6 Å². The number of sulfonamides is 1. The van der Waals surface area contributed by atoms with Crippen molar-refractivity contribution >= 4 is 28.0 Å². The summed E-state index contributed by atoms with van der Waals surface area (Å²) in [5.74, 6) is -2.40. The molecule has 108 valence electrons. The minimum Gasteiger partial charge on any atom is -0.480 e. The fraction of sp³-hybridized carbons (Fsp3) is 0.167. The Morgan fingerprint density at radius 3 is 2.20 bits per heavy atom. The van der Waals surface area contributed by atoms with Gasteiger partial charge in [-0.05, 0) is 30.7 Å². The maximum absolute atomic E-state index is 11.8. The van der Waals surface area contributed by atoms with Crippen molar-refractivity contribution in [3.8, 4) is 0 Å². The summed E-state index contributed by atoms with van der Waals surface area (Å²) in [4.78, 5) is 20.9. The summed E-state index contributed by atoms with van der Waals surface area (Å²) in [5, 5.41) is 17.1. The minimum absolute atomic E-state index is 0.0990. The van der Waals surface area contributed by atoms with Gasteiger partial charge in [0.25, 0.3) is 0 Å². The second-order valence-corrected chi connectivity index (χ2v) is 5.64. The lowest BCUT2D eigenvalue weighted by atomic mass is 10.2. The molecule has 0 radical (unpaired) electrons. The number of hydrogen-bond donors (Lipinski definition) is 3. The Morgan fingerprint density at radius 2 is 1.75 bits per heavy atom. The van der Waals surface area contributed by atoms with Crippen LogP contribution in [0.5, 0.6) is 0 Å². The smallest absolute Gasteiger partial charge is 0.328 e. The van der Waals surface area contributed by atoms with E-state index in [9.17, 15) is 18.0 Å². The zero-order valence-corrected chi connectivity index (χ0v) is 11.3. The molecule has 0 aliphatic rings. The fourth-order valence-corrected chi connectivity index (χ4v) is 2.47. The summed E-state index contributed by atoms with van der Waals surface area (Å²) in [7, 11) is -3.92. The van der Waals surface area contributed by atoms with Crippen molar-refractivity contribution in [3.05, 3.63) is 35.9 Å². The van der Waals surface area contributed by atoms with E-state index >= 15 is 0 Å². The average molecular weight is 299 g/mol. The fourth-order valence-electron chi connectivity index (χ4n) is 1.28. The molecule has 0 amide bonds. The highest BCUT2D eigenvalue weighted by atomic mass is 32.2. The molecule has 3 N–H and O–H groups in total. The summed E-state index contributed by atoms with van der Waals surface area (Å²) in [6, 6.07) is 4.11. The molecule has 20 heavy (non-hydrogen) atoms. The SMILES string of the molecule is C[C@@H](NS(=O)(=O)c1ccc(/C=C/C(=O)O)cc1)C(=O)O. The summed E-state index contributed by atoms with van der Waals surface area (Å²) < 4.78 is 25.7. The van der Waals surface area contributed by atoms with Gasteiger partial charge < -0.3 is 10.2 Å². The number of hydrogen-bond acceptors (Lipinski definition) is 4. The first-order valence-corrected chi connectivity index (χ1v) is 6.97. The lowest BCUT2D eigenvalue weighted by Gasteiger charge is -2.10. The number of carboxylic acid groups (broad SMARTS) is 2. The molecule has 1 aromatic rings. The highest BCUT2D eigenvalue weighted by molar-refractivity contribution is 7.89. The lowest BCUT2D eigenvalue weighted by molar-refractivity contribution is -0.138. The van der Waals surface area contributed by atoms with Crippen LogP contribution < -0.4 is 4.72 Å². The molecule has 0 unspecified atom stereocenters. The van der Waals surface area contributed by atoms with E-state index < -0.39 is 28.0 Å². The highest BCUT2D eigenvalue weighted by Gasteiger charge is 2.21. The zero-order valence-electron chi connectivity index (χ0n) is 10.5. The standard InChI is InChI=1S/C12H13NO6S/c1-8(12(16)17)13-20(18,19)10-5-2-9(3-6-10)4-7-11(14)15/h2-8,13H,1H3,(H,14,15)(H,16,17)/b7-4+/t8-/m1/s1. The molecule has 0 spiro atoms. The molecule has 0 aliphatic heterocycles. The summed E-state index contributed by atoms with van der Waals surface area (Å²) in [5.41, 5.74) is 0.512. The van der Waals surface area contributed by atoms with Crippen molar-refractivity contribution in [1.29, 1.82) is 0 Å². The molecule has 7 nitrogen and oxygen atoms in total. The third kappa shape index (κ3) is 4.48. The molecule has 0 fully saturated rings. The lowest BCUT2D eigenvalue weighted by Crippen LogP contribution is -2.38. The number of carboxylic acids is 2. The third-order valence-electron chi connectivity index (χ3n) is 2.31. The number of benzene rings is 1. The van der Waals surface area contributed by atoms with E-state index in [1.165, 1.54) is 37.3 Å². The summed E-state index contributed by atoms with van der Waals surface area (Å²) in [6.07, 6.45) is 2.24. The maximum Gasteiger partial charge on any atom is 0.328 e. The quantitative estimate of drug-likeness (QED) is 0.659. The van der Waals surface area contributed by atoms with Crippen LogP contribution in [0.25, 0.3) is 6.08 Å². The van der Waals surface area contributed by atoms with E-state index in [2.05, 4.69) is 0 Å². The van der Waals surface area contributed by atoms with Gasteiger partial charge in [-0.15, -0.1) is 0 Å². The molecule has 0 aliphatic carbocycles. The second kappa shape index (κ2) is 6.31. The van der Waals surface area contributed by atoms with Crippen LogP contribution >= 0.6 is 0 Å². The van der Waals surface area contributed by atoms with Crippen molar-refractivity contribution in [3.63, 3.8) is 0 Å². The van der Waals surface area contributed by atoms with Crippen molar-refractivity contribution < 1.29 is 28.2 Å². The molecular formula is C12H13NO6S. The Balaban J connectivity index is 2.92. The van der Waals surface area contributed by atoms with Crippen molar-refractivity contribution in [2.45, 2.75) is 17.9 Å². The van der Waals surface area contributed by atoms with Crippen LogP contribution in [0.4, 0.5) is 0 Å². The monoisotopic (exact) mass is 299 g/mol. The van der Waals surface area contributed by atoms with Gasteiger partial charge in [0.1, 0.15) is 6.04 Å². The topological polar surface area (TPSA) is 121 Å². The molecule has 1 aromatic carbocycles. The van der Waals surface area contributed by atoms with E-state index in [4.69, 9.17) is 10.2 Å². The summed E-state index contributed by atoms with van der Waals surface area (Å²) >= 11 is 0.